The van der Waals surface area contributed by atoms with Crippen LogP contribution in [0.15, 0.2) is 0 Å². The molecule has 1 saturated heterocycles. The fourth-order valence-electron chi connectivity index (χ4n) is 6.53. The largest absolute Gasteiger partial charge is 0.363 e. The molecule has 4 atom stereocenters. The molecule has 1 saturated carbocycles. The minimum Gasteiger partial charge on any atom is -0.363 e. The summed E-state index contributed by atoms with van der Waals surface area (Å²) >= 11 is 0. The Hall–Kier alpha value is -3.14. The fourth-order valence-corrected chi connectivity index (χ4v) is 8.05. The Morgan fingerprint density at radius 2 is 1.53 bits per heavy atom. The number of hydrogen-bond donors (Lipinski definition) is 4. The number of amides is 5. The molecule has 0 aromatic rings. The summed E-state index contributed by atoms with van der Waals surface area (Å²) in [7, 11) is -3.58. The second kappa shape index (κ2) is 15.0. The molecule has 1 aliphatic heterocycles. The summed E-state index contributed by atoms with van der Waals surface area (Å²) in [6.45, 7) is 16.4. The zero-order valence-corrected chi connectivity index (χ0v) is 30.6. The highest BCUT2D eigenvalue weighted by Crippen LogP contribution is 2.40. The van der Waals surface area contributed by atoms with Crippen LogP contribution in [-0.2, 0) is 29.0 Å². The number of sulfone groups is 1. The molecule has 0 radical (unpaired) electrons. The first-order valence-corrected chi connectivity index (χ1v) is 18.2. The molecule has 5 amide bonds. The van der Waals surface area contributed by atoms with Crippen molar-refractivity contribution in [3.05, 3.63) is 0 Å². The van der Waals surface area contributed by atoms with Gasteiger partial charge in [0.15, 0.2) is 9.84 Å². The second-order valence-electron chi connectivity index (χ2n) is 16.4. The third-order valence-corrected chi connectivity index (χ3v) is 12.3. The van der Waals surface area contributed by atoms with E-state index in [1.165, 1.54) is 4.90 Å². The van der Waals surface area contributed by atoms with E-state index >= 15 is 0 Å². The standard InChI is InChI=1S/C34H57N5O7S/c1-11-12-16-23(25(40)27(35)41)36-28(42)24-22(31(2,3)4)17-20-39(24)29(43)26(32(5,6)7)37-30(44)38-34(18-14-13-15-19-34)21-47(45,46)33(8,9)10/h1,22-24,26H,12-21H2,2-10H3,(H2,35,41)(H,36,42)(H2,37,38,44)/t22?,23?,24?,26-/m1/s1. The summed E-state index contributed by atoms with van der Waals surface area (Å²) in [5.74, 6) is -1.41. The third kappa shape index (κ3) is 10.2. The number of terminal acetylenes is 1. The van der Waals surface area contributed by atoms with Crippen molar-refractivity contribution in [3.63, 3.8) is 0 Å². The highest BCUT2D eigenvalue weighted by atomic mass is 32.2. The zero-order chi connectivity index (χ0) is 36.2. The van der Waals surface area contributed by atoms with Crippen LogP contribution in [0.3, 0.4) is 0 Å². The van der Waals surface area contributed by atoms with Crippen molar-refractivity contribution in [1.29, 1.82) is 0 Å². The summed E-state index contributed by atoms with van der Waals surface area (Å²) < 4.78 is 25.5. The first-order valence-electron chi connectivity index (χ1n) is 16.6. The van der Waals surface area contributed by atoms with E-state index < -0.39 is 78.6 Å². The fraction of sp³-hybridized carbons (Fsp3) is 0.794. The van der Waals surface area contributed by atoms with Gasteiger partial charge in [-0.15, -0.1) is 12.3 Å². The number of carbonyl (C=O) groups is 5. The van der Waals surface area contributed by atoms with E-state index in [1.54, 1.807) is 41.5 Å². The van der Waals surface area contributed by atoms with Crippen molar-refractivity contribution in [2.24, 2.45) is 22.5 Å². The molecule has 0 aromatic heterocycles. The maximum atomic E-state index is 14.4. The van der Waals surface area contributed by atoms with Gasteiger partial charge in [-0.2, -0.15) is 0 Å². The van der Waals surface area contributed by atoms with E-state index in [2.05, 4.69) is 21.9 Å². The first-order chi connectivity index (χ1) is 21.4. The van der Waals surface area contributed by atoms with Crippen LogP contribution < -0.4 is 21.7 Å². The van der Waals surface area contributed by atoms with Gasteiger partial charge in [-0.25, -0.2) is 13.2 Å². The van der Waals surface area contributed by atoms with Crippen molar-refractivity contribution in [2.45, 2.75) is 142 Å². The number of Topliss-reactive ketones (excluding diaryl/α,β-unsaturated/α-hetero) is 1. The van der Waals surface area contributed by atoms with Crippen LogP contribution in [0.25, 0.3) is 0 Å². The number of primary amides is 1. The number of nitrogens with zero attached hydrogens (tertiary/aromatic N) is 1. The minimum atomic E-state index is -3.58. The lowest BCUT2D eigenvalue weighted by Crippen LogP contribution is -2.64. The van der Waals surface area contributed by atoms with Gasteiger partial charge in [-0.3, -0.25) is 19.2 Å². The van der Waals surface area contributed by atoms with Gasteiger partial charge in [-0.1, -0.05) is 60.8 Å². The molecule has 2 rings (SSSR count). The molecule has 5 N–H and O–H groups in total. The van der Waals surface area contributed by atoms with Gasteiger partial charge in [0, 0.05) is 13.0 Å². The summed E-state index contributed by atoms with van der Waals surface area (Å²) in [4.78, 5) is 67.7. The summed E-state index contributed by atoms with van der Waals surface area (Å²) in [6, 6.07) is -3.99. The van der Waals surface area contributed by atoms with E-state index in [0.717, 1.165) is 19.3 Å². The Bertz CT molecular complexity index is 1340. The molecule has 3 unspecified atom stereocenters. The lowest BCUT2D eigenvalue weighted by atomic mass is 9.75. The monoisotopic (exact) mass is 679 g/mol. The molecule has 1 heterocycles. The van der Waals surface area contributed by atoms with Gasteiger partial charge in [0.1, 0.15) is 12.1 Å². The Morgan fingerprint density at radius 3 is 2.00 bits per heavy atom. The van der Waals surface area contributed by atoms with Crippen molar-refractivity contribution >= 4 is 39.4 Å². The highest BCUT2D eigenvalue weighted by molar-refractivity contribution is 7.92. The average molecular weight is 680 g/mol. The van der Waals surface area contributed by atoms with Crippen LogP contribution in [0.4, 0.5) is 4.79 Å². The molecular weight excluding hydrogens is 622 g/mol. The number of rotatable bonds is 11. The predicted molar refractivity (Wildman–Crippen MR) is 182 cm³/mol. The van der Waals surface area contributed by atoms with Gasteiger partial charge in [-0.05, 0) is 63.2 Å². The summed E-state index contributed by atoms with van der Waals surface area (Å²) in [6.07, 6.45) is 9.43. The third-order valence-electron chi connectivity index (χ3n) is 9.49. The first kappa shape index (κ1) is 40.0. The molecular formula is C34H57N5O7S. The minimum absolute atomic E-state index is 0.00386. The molecule has 13 heteroatoms. The molecule has 266 valence electrons. The predicted octanol–water partition coefficient (Wildman–Crippen LogP) is 2.83. The van der Waals surface area contributed by atoms with Crippen molar-refractivity contribution in [2.75, 3.05) is 12.3 Å². The van der Waals surface area contributed by atoms with Gasteiger partial charge >= 0.3 is 6.03 Å². The van der Waals surface area contributed by atoms with E-state index in [1.807, 2.05) is 20.8 Å². The number of hydrogen-bond acceptors (Lipinski definition) is 7. The van der Waals surface area contributed by atoms with E-state index in [0.29, 0.717) is 19.3 Å². The lowest BCUT2D eigenvalue weighted by molar-refractivity contribution is -0.145. The normalized spacial score (nSPS) is 21.6. The summed E-state index contributed by atoms with van der Waals surface area (Å²) in [5.41, 5.74) is 3.04. The van der Waals surface area contributed by atoms with Crippen molar-refractivity contribution < 1.29 is 32.4 Å². The maximum absolute atomic E-state index is 14.4. The van der Waals surface area contributed by atoms with Crippen LogP contribution in [-0.4, -0.2) is 83.6 Å². The maximum Gasteiger partial charge on any atom is 0.315 e. The molecule has 12 nitrogen and oxygen atoms in total. The molecule has 0 aromatic carbocycles. The quantitative estimate of drug-likeness (QED) is 0.191. The second-order valence-corrected chi connectivity index (χ2v) is 19.1. The van der Waals surface area contributed by atoms with E-state index in [-0.39, 0.29) is 31.1 Å². The zero-order valence-electron chi connectivity index (χ0n) is 29.7. The molecule has 47 heavy (non-hydrogen) atoms. The summed E-state index contributed by atoms with van der Waals surface area (Å²) in [5, 5.41) is 8.45. The molecule has 2 aliphatic rings. The number of carbonyl (C=O) groups excluding carboxylic acids is 5. The van der Waals surface area contributed by atoms with Crippen molar-refractivity contribution in [3.8, 4) is 12.3 Å². The molecule has 1 aliphatic carbocycles. The highest BCUT2D eigenvalue weighted by Gasteiger charge is 2.50. The molecule has 0 bridgehead atoms. The van der Waals surface area contributed by atoms with E-state index in [4.69, 9.17) is 12.2 Å². The molecule has 2 fully saturated rings. The Morgan fingerprint density at radius 1 is 0.957 bits per heavy atom. The van der Waals surface area contributed by atoms with Crippen LogP contribution in [0.2, 0.25) is 0 Å². The topological polar surface area (TPSA) is 185 Å². The van der Waals surface area contributed by atoms with Gasteiger partial charge in [0.2, 0.25) is 17.6 Å². The van der Waals surface area contributed by atoms with Crippen LogP contribution in [0, 0.1) is 29.1 Å². The Labute approximate surface area is 281 Å². The van der Waals surface area contributed by atoms with Crippen molar-refractivity contribution in [1.82, 2.24) is 20.9 Å². The average Bonchev–Trinajstić information content (AvgIpc) is 3.38. The smallest absolute Gasteiger partial charge is 0.315 e. The number of likely N-dealkylation sites (tertiary alicyclic amines) is 1. The molecule has 0 spiro atoms. The SMILES string of the molecule is C#CCCC(NC(=O)C1C(C(C)(C)C)CCN1C(=O)[C@@H](NC(=O)NC1(CS(=O)(=O)C(C)(C)C)CCCCC1)C(C)(C)C)C(=O)C(N)=O. The van der Waals surface area contributed by atoms with Crippen LogP contribution >= 0.6 is 0 Å². The Balaban J connectivity index is 2.43. The van der Waals surface area contributed by atoms with Crippen LogP contribution in [0.1, 0.15) is 114 Å². The number of nitrogens with two attached hydrogens (primary N) is 1. The number of nitrogens with one attached hydrogen (secondary N) is 3. The number of ketones is 1. The van der Waals surface area contributed by atoms with Gasteiger partial charge < -0.3 is 26.6 Å². The lowest BCUT2D eigenvalue weighted by Gasteiger charge is -2.41. The Kier molecular flexibility index (Phi) is 12.7. The van der Waals surface area contributed by atoms with Crippen LogP contribution in [0.5, 0.6) is 0 Å². The van der Waals surface area contributed by atoms with E-state index in [9.17, 15) is 32.4 Å². The van der Waals surface area contributed by atoms with Gasteiger partial charge in [0.25, 0.3) is 5.91 Å². The van der Waals surface area contributed by atoms with Gasteiger partial charge in [0.05, 0.1) is 22.1 Å². The number of urea groups is 1.